The fourth-order valence-corrected chi connectivity index (χ4v) is 2.35. The van der Waals surface area contributed by atoms with Crippen LogP contribution in [0, 0.1) is 0 Å². The highest BCUT2D eigenvalue weighted by atomic mass is 19.4. The molecule has 0 atom stereocenters. The molecule has 1 aromatic heterocycles. The predicted molar refractivity (Wildman–Crippen MR) is 68.4 cm³/mol. The van der Waals surface area contributed by atoms with Gasteiger partial charge < -0.3 is 9.84 Å². The van der Waals surface area contributed by atoms with Crippen LogP contribution in [0.5, 0.6) is 0 Å². The van der Waals surface area contributed by atoms with E-state index >= 15 is 0 Å². The first-order valence-electron chi connectivity index (χ1n) is 6.46. The lowest BCUT2D eigenvalue weighted by molar-refractivity contribution is -0.137. The number of halogens is 3. The van der Waals surface area contributed by atoms with E-state index in [-0.39, 0.29) is 0 Å². The molecule has 0 spiro atoms. The van der Waals surface area contributed by atoms with Gasteiger partial charge in [0.25, 0.3) is 0 Å². The molecule has 106 valence electrons. The summed E-state index contributed by atoms with van der Waals surface area (Å²) in [6, 6.07) is 5.01. The van der Waals surface area contributed by atoms with Gasteiger partial charge in [-0.1, -0.05) is 17.3 Å². The highest BCUT2D eigenvalue weighted by Crippen LogP contribution is 2.34. The summed E-state index contributed by atoms with van der Waals surface area (Å²) in [6.07, 6.45) is -1.45. The Hall–Kier alpha value is -1.98. The molecule has 0 saturated carbocycles. The average molecular weight is 282 g/mol. The van der Waals surface area contributed by atoms with E-state index in [0.29, 0.717) is 17.1 Å². The summed E-state index contributed by atoms with van der Waals surface area (Å²) in [4.78, 5) is 0. The number of nitrogens with one attached hydrogen (secondary N) is 1. The highest BCUT2D eigenvalue weighted by Gasteiger charge is 2.30. The predicted octanol–water partition coefficient (Wildman–Crippen LogP) is 4.11. The van der Waals surface area contributed by atoms with Gasteiger partial charge in [-0.25, -0.2) is 0 Å². The smallest absolute Gasteiger partial charge is 0.354 e. The van der Waals surface area contributed by atoms with Gasteiger partial charge in [-0.2, -0.15) is 13.2 Å². The summed E-state index contributed by atoms with van der Waals surface area (Å²) < 4.78 is 42.9. The zero-order chi connectivity index (χ0) is 14.2. The van der Waals surface area contributed by atoms with Crippen LogP contribution in [0.4, 0.5) is 19.1 Å². The van der Waals surface area contributed by atoms with Crippen molar-refractivity contribution >= 4 is 5.88 Å². The second kappa shape index (κ2) is 4.85. The number of rotatable bonds is 1. The first kappa shape index (κ1) is 13.0. The van der Waals surface area contributed by atoms with Gasteiger partial charge in [-0.3, -0.25) is 0 Å². The Labute approximate surface area is 113 Å². The molecule has 0 amide bonds. The molecule has 0 aliphatic carbocycles. The minimum Gasteiger partial charge on any atom is -0.354 e. The molecule has 1 aromatic carbocycles. The van der Waals surface area contributed by atoms with Crippen LogP contribution in [0.25, 0.3) is 11.3 Å². The SMILES string of the molecule is FC(F)(F)c1ccc(-c2noc3c2CCCCN3)cc1. The van der Waals surface area contributed by atoms with Crippen LogP contribution in [-0.2, 0) is 12.6 Å². The van der Waals surface area contributed by atoms with Crippen molar-refractivity contribution in [1.82, 2.24) is 5.16 Å². The molecular weight excluding hydrogens is 269 g/mol. The number of anilines is 1. The van der Waals surface area contributed by atoms with Crippen LogP contribution >= 0.6 is 0 Å². The van der Waals surface area contributed by atoms with Crippen molar-refractivity contribution in [3.05, 3.63) is 35.4 Å². The zero-order valence-electron chi connectivity index (χ0n) is 10.6. The minimum absolute atomic E-state index is 0.628. The Balaban J connectivity index is 1.95. The second-order valence-electron chi connectivity index (χ2n) is 4.80. The molecule has 0 saturated heterocycles. The van der Waals surface area contributed by atoms with E-state index in [4.69, 9.17) is 4.52 Å². The third-order valence-corrected chi connectivity index (χ3v) is 3.41. The number of aromatic nitrogens is 1. The van der Waals surface area contributed by atoms with E-state index in [0.717, 1.165) is 43.5 Å². The molecule has 0 radical (unpaired) electrons. The molecule has 0 fully saturated rings. The number of alkyl halides is 3. The molecular formula is C14H13F3N2O. The van der Waals surface area contributed by atoms with Crippen LogP contribution < -0.4 is 5.32 Å². The summed E-state index contributed by atoms with van der Waals surface area (Å²) in [5.74, 6) is 0.636. The summed E-state index contributed by atoms with van der Waals surface area (Å²) in [5, 5.41) is 7.12. The first-order valence-corrected chi connectivity index (χ1v) is 6.46. The van der Waals surface area contributed by atoms with E-state index in [9.17, 15) is 13.2 Å². The molecule has 0 bridgehead atoms. The Morgan fingerprint density at radius 1 is 1.10 bits per heavy atom. The van der Waals surface area contributed by atoms with E-state index in [1.54, 1.807) is 0 Å². The second-order valence-corrected chi connectivity index (χ2v) is 4.80. The van der Waals surface area contributed by atoms with E-state index in [2.05, 4.69) is 10.5 Å². The summed E-state index contributed by atoms with van der Waals surface area (Å²) in [7, 11) is 0. The van der Waals surface area contributed by atoms with Crippen molar-refractivity contribution in [3.63, 3.8) is 0 Å². The number of hydrogen-bond donors (Lipinski definition) is 1. The van der Waals surface area contributed by atoms with Gasteiger partial charge in [0.1, 0.15) is 5.69 Å². The normalized spacial score (nSPS) is 15.3. The van der Waals surface area contributed by atoms with Crippen LogP contribution in [0.1, 0.15) is 24.0 Å². The van der Waals surface area contributed by atoms with Crippen molar-refractivity contribution in [2.75, 3.05) is 11.9 Å². The van der Waals surface area contributed by atoms with Crippen LogP contribution in [0.15, 0.2) is 28.8 Å². The molecule has 20 heavy (non-hydrogen) atoms. The summed E-state index contributed by atoms with van der Waals surface area (Å²) >= 11 is 0. The van der Waals surface area contributed by atoms with Crippen molar-refractivity contribution in [1.29, 1.82) is 0 Å². The molecule has 3 rings (SSSR count). The largest absolute Gasteiger partial charge is 0.416 e. The van der Waals surface area contributed by atoms with Gasteiger partial charge >= 0.3 is 6.18 Å². The quantitative estimate of drug-likeness (QED) is 0.855. The van der Waals surface area contributed by atoms with Crippen molar-refractivity contribution in [2.24, 2.45) is 0 Å². The molecule has 1 N–H and O–H groups in total. The van der Waals surface area contributed by atoms with Crippen LogP contribution in [-0.4, -0.2) is 11.7 Å². The Morgan fingerprint density at radius 2 is 1.85 bits per heavy atom. The lowest BCUT2D eigenvalue weighted by Crippen LogP contribution is -2.04. The maximum atomic E-state index is 12.5. The zero-order valence-corrected chi connectivity index (χ0v) is 10.6. The topological polar surface area (TPSA) is 38.1 Å². The fourth-order valence-electron chi connectivity index (χ4n) is 2.35. The number of hydrogen-bond acceptors (Lipinski definition) is 3. The fraction of sp³-hybridized carbons (Fsp3) is 0.357. The lowest BCUT2D eigenvalue weighted by atomic mass is 10.0. The molecule has 1 aliphatic heterocycles. The summed E-state index contributed by atoms with van der Waals surface area (Å²) in [5.41, 5.74) is 1.56. The summed E-state index contributed by atoms with van der Waals surface area (Å²) in [6.45, 7) is 0.828. The number of benzene rings is 1. The molecule has 3 nitrogen and oxygen atoms in total. The van der Waals surface area contributed by atoms with Crippen molar-refractivity contribution in [3.8, 4) is 11.3 Å². The average Bonchev–Trinajstić information content (AvgIpc) is 2.67. The number of nitrogens with zero attached hydrogens (tertiary/aromatic N) is 1. The van der Waals surface area contributed by atoms with Gasteiger partial charge in [-0.05, 0) is 31.4 Å². The molecule has 6 heteroatoms. The Kier molecular flexibility index (Phi) is 3.16. The Bertz CT molecular complexity index is 602. The maximum absolute atomic E-state index is 12.5. The Morgan fingerprint density at radius 3 is 2.55 bits per heavy atom. The van der Waals surface area contributed by atoms with E-state index in [1.807, 2.05) is 0 Å². The third kappa shape index (κ3) is 2.37. The van der Waals surface area contributed by atoms with Gasteiger partial charge in [0.2, 0.25) is 5.88 Å². The van der Waals surface area contributed by atoms with Gasteiger partial charge in [0, 0.05) is 17.7 Å². The van der Waals surface area contributed by atoms with Gasteiger partial charge in [0.05, 0.1) is 5.56 Å². The van der Waals surface area contributed by atoms with Crippen LogP contribution in [0.3, 0.4) is 0 Å². The molecule has 2 aromatic rings. The lowest BCUT2D eigenvalue weighted by Gasteiger charge is -2.07. The monoisotopic (exact) mass is 282 g/mol. The van der Waals surface area contributed by atoms with Crippen molar-refractivity contribution in [2.45, 2.75) is 25.4 Å². The third-order valence-electron chi connectivity index (χ3n) is 3.41. The standard InChI is InChI=1S/C14H13F3N2O/c15-14(16,17)10-6-4-9(5-7-10)12-11-3-1-2-8-18-13(11)20-19-12/h4-7,18H,1-3,8H2. The van der Waals surface area contributed by atoms with Gasteiger partial charge in [0.15, 0.2) is 0 Å². The van der Waals surface area contributed by atoms with Crippen LogP contribution in [0.2, 0.25) is 0 Å². The molecule has 1 aliphatic rings. The number of fused-ring (bicyclic) bond motifs is 1. The van der Waals surface area contributed by atoms with Gasteiger partial charge in [-0.15, -0.1) is 0 Å². The van der Waals surface area contributed by atoms with E-state index in [1.165, 1.54) is 12.1 Å². The highest BCUT2D eigenvalue weighted by molar-refractivity contribution is 5.68. The maximum Gasteiger partial charge on any atom is 0.416 e. The van der Waals surface area contributed by atoms with Crippen molar-refractivity contribution < 1.29 is 17.7 Å². The molecule has 0 unspecified atom stereocenters. The molecule has 2 heterocycles. The first-order chi connectivity index (χ1) is 9.55. The van der Waals surface area contributed by atoms with E-state index < -0.39 is 11.7 Å². The minimum atomic E-state index is -4.32.